The van der Waals surface area contributed by atoms with Gasteiger partial charge in [0.25, 0.3) is 5.91 Å². The largest absolute Gasteiger partial charge is 0.497 e. The van der Waals surface area contributed by atoms with Crippen LogP contribution in [0.1, 0.15) is 11.1 Å². The molecule has 0 aliphatic heterocycles. The molecule has 7 nitrogen and oxygen atoms in total. The van der Waals surface area contributed by atoms with Crippen molar-refractivity contribution >= 4 is 46.5 Å². The summed E-state index contributed by atoms with van der Waals surface area (Å²) in [6, 6.07) is 20.9. The summed E-state index contributed by atoms with van der Waals surface area (Å²) in [5.74, 6) is 1.18. The van der Waals surface area contributed by atoms with Crippen molar-refractivity contribution < 1.29 is 14.3 Å². The molecule has 0 unspecified atom stereocenters. The first-order valence-corrected chi connectivity index (χ1v) is 11.8. The quantitative estimate of drug-likeness (QED) is 0.201. The smallest absolute Gasteiger partial charge is 0.250 e. The van der Waals surface area contributed by atoms with E-state index in [1.54, 1.807) is 32.4 Å². The lowest BCUT2D eigenvalue weighted by molar-refractivity contribution is -0.118. The number of hydrazone groups is 1. The highest BCUT2D eigenvalue weighted by Crippen LogP contribution is 2.27. The van der Waals surface area contributed by atoms with Crippen molar-refractivity contribution in [3.8, 4) is 11.5 Å². The Bertz CT molecular complexity index is 1340. The summed E-state index contributed by atoms with van der Waals surface area (Å²) in [6.45, 7) is 0.555. The number of hydrogen-bond acceptors (Lipinski definition) is 6. The molecule has 3 aromatic carbocycles. The van der Waals surface area contributed by atoms with E-state index in [-0.39, 0.29) is 11.7 Å². The number of nitrogens with zero attached hydrogens (tertiary/aromatic N) is 3. The number of hydrogen-bond donors (Lipinski definition) is 1. The standard InChI is InChI=1S/C25H23ClN4O3S/c1-32-19-12-11-17(23(13-19)33-2)14-27-29-24(31)16-34-25-28-21-9-5-6-10-22(21)30(25)15-18-7-3-4-8-20(18)26/h3-14H,15-16H2,1-2H3,(H,29,31)/b27-14-. The number of carbonyl (C=O) groups is 1. The molecule has 9 heteroatoms. The number of thioether (sulfide) groups is 1. The van der Waals surface area contributed by atoms with Gasteiger partial charge < -0.3 is 14.0 Å². The molecule has 0 aliphatic rings. The molecule has 174 valence electrons. The second kappa shape index (κ2) is 11.1. The lowest BCUT2D eigenvalue weighted by atomic mass is 10.2. The SMILES string of the molecule is COc1ccc(/C=N\NC(=O)CSc2nc3ccccc3n2Cc2ccccc2Cl)c(OC)c1. The van der Waals surface area contributed by atoms with Gasteiger partial charge in [-0.2, -0.15) is 5.10 Å². The number of fused-ring (bicyclic) bond motifs is 1. The maximum atomic E-state index is 12.4. The van der Waals surface area contributed by atoms with Crippen LogP contribution in [0.5, 0.6) is 11.5 Å². The number of para-hydroxylation sites is 2. The van der Waals surface area contributed by atoms with Gasteiger partial charge in [0, 0.05) is 16.7 Å². The fourth-order valence-electron chi connectivity index (χ4n) is 3.37. The summed E-state index contributed by atoms with van der Waals surface area (Å²) in [5.41, 5.74) is 6.11. The molecule has 34 heavy (non-hydrogen) atoms. The monoisotopic (exact) mass is 494 g/mol. The van der Waals surface area contributed by atoms with Crippen LogP contribution in [0.15, 0.2) is 77.0 Å². The summed E-state index contributed by atoms with van der Waals surface area (Å²) in [5, 5.41) is 5.48. The Labute approximate surface area is 206 Å². The van der Waals surface area contributed by atoms with E-state index < -0.39 is 0 Å². The van der Waals surface area contributed by atoms with E-state index in [4.69, 9.17) is 26.1 Å². The summed E-state index contributed by atoms with van der Waals surface area (Å²) in [4.78, 5) is 17.2. The minimum atomic E-state index is -0.245. The molecular formula is C25H23ClN4O3S. The van der Waals surface area contributed by atoms with Gasteiger partial charge >= 0.3 is 0 Å². The maximum absolute atomic E-state index is 12.4. The Morgan fingerprint density at radius 1 is 1.12 bits per heavy atom. The molecule has 1 aromatic heterocycles. The molecule has 0 radical (unpaired) electrons. The fraction of sp³-hybridized carbons (Fsp3) is 0.160. The van der Waals surface area contributed by atoms with E-state index in [1.165, 1.54) is 18.0 Å². The molecule has 0 fully saturated rings. The molecule has 0 atom stereocenters. The van der Waals surface area contributed by atoms with E-state index in [1.807, 2.05) is 48.5 Å². The molecule has 1 N–H and O–H groups in total. The van der Waals surface area contributed by atoms with Crippen LogP contribution in [0.2, 0.25) is 5.02 Å². The van der Waals surface area contributed by atoms with E-state index in [0.717, 1.165) is 27.3 Å². The number of halogens is 1. The highest BCUT2D eigenvalue weighted by Gasteiger charge is 2.14. The van der Waals surface area contributed by atoms with Gasteiger partial charge in [-0.25, -0.2) is 10.4 Å². The first-order valence-electron chi connectivity index (χ1n) is 10.4. The van der Waals surface area contributed by atoms with Gasteiger partial charge in [0.15, 0.2) is 5.16 Å². The molecule has 4 rings (SSSR count). The molecule has 0 spiro atoms. The van der Waals surface area contributed by atoms with Gasteiger partial charge in [-0.05, 0) is 35.9 Å². The lowest BCUT2D eigenvalue weighted by Gasteiger charge is -2.10. The van der Waals surface area contributed by atoms with E-state index in [2.05, 4.69) is 15.1 Å². The van der Waals surface area contributed by atoms with Crippen molar-refractivity contribution in [2.45, 2.75) is 11.7 Å². The predicted octanol–water partition coefficient (Wildman–Crippen LogP) is 5.00. The number of carbonyl (C=O) groups excluding carboxylic acids is 1. The first kappa shape index (κ1) is 23.7. The zero-order valence-electron chi connectivity index (χ0n) is 18.7. The Hall–Kier alpha value is -3.49. The van der Waals surface area contributed by atoms with E-state index in [0.29, 0.717) is 23.1 Å². The Morgan fingerprint density at radius 3 is 2.71 bits per heavy atom. The summed E-state index contributed by atoms with van der Waals surface area (Å²) in [7, 11) is 3.15. The van der Waals surface area contributed by atoms with Crippen molar-refractivity contribution in [3.05, 3.63) is 82.9 Å². The molecular weight excluding hydrogens is 472 g/mol. The second-order valence-electron chi connectivity index (χ2n) is 7.25. The minimum Gasteiger partial charge on any atom is -0.497 e. The van der Waals surface area contributed by atoms with Crippen LogP contribution in [0, 0.1) is 0 Å². The zero-order valence-corrected chi connectivity index (χ0v) is 20.3. The topological polar surface area (TPSA) is 77.7 Å². The third kappa shape index (κ3) is 5.52. The third-order valence-electron chi connectivity index (χ3n) is 5.07. The van der Waals surface area contributed by atoms with Gasteiger partial charge in [0.1, 0.15) is 11.5 Å². The number of nitrogens with one attached hydrogen (secondary N) is 1. The van der Waals surface area contributed by atoms with Crippen LogP contribution in [0.25, 0.3) is 11.0 Å². The summed E-state index contributed by atoms with van der Waals surface area (Å²) < 4.78 is 12.6. The van der Waals surface area contributed by atoms with Gasteiger partial charge in [0.2, 0.25) is 0 Å². The normalized spacial score (nSPS) is 11.1. The number of amides is 1. The van der Waals surface area contributed by atoms with Crippen LogP contribution in [0.3, 0.4) is 0 Å². The van der Waals surface area contributed by atoms with Crippen molar-refractivity contribution in [2.75, 3.05) is 20.0 Å². The minimum absolute atomic E-state index is 0.156. The highest BCUT2D eigenvalue weighted by atomic mass is 35.5. The van der Waals surface area contributed by atoms with Gasteiger partial charge in [-0.3, -0.25) is 4.79 Å². The zero-order chi connectivity index (χ0) is 23.9. The number of rotatable bonds is 9. The molecule has 0 saturated carbocycles. The second-order valence-corrected chi connectivity index (χ2v) is 8.60. The number of benzene rings is 3. The molecule has 1 amide bonds. The van der Waals surface area contributed by atoms with Crippen LogP contribution in [-0.2, 0) is 11.3 Å². The van der Waals surface area contributed by atoms with Gasteiger partial charge in [-0.15, -0.1) is 0 Å². The maximum Gasteiger partial charge on any atom is 0.250 e. The molecule has 0 bridgehead atoms. The first-order chi connectivity index (χ1) is 16.6. The molecule has 1 heterocycles. The number of ether oxygens (including phenoxy) is 2. The Kier molecular flexibility index (Phi) is 7.72. The van der Waals surface area contributed by atoms with Gasteiger partial charge in [0.05, 0.1) is 43.8 Å². The van der Waals surface area contributed by atoms with Crippen molar-refractivity contribution in [3.63, 3.8) is 0 Å². The number of imidazole rings is 1. The average molecular weight is 495 g/mol. The van der Waals surface area contributed by atoms with Crippen LogP contribution < -0.4 is 14.9 Å². The van der Waals surface area contributed by atoms with Crippen LogP contribution in [-0.4, -0.2) is 41.6 Å². The average Bonchev–Trinajstić information content (AvgIpc) is 3.21. The van der Waals surface area contributed by atoms with Gasteiger partial charge in [-0.1, -0.05) is 53.7 Å². The molecule has 0 aliphatic carbocycles. The highest BCUT2D eigenvalue weighted by molar-refractivity contribution is 7.99. The number of methoxy groups -OCH3 is 2. The summed E-state index contributed by atoms with van der Waals surface area (Å²) in [6.07, 6.45) is 1.54. The number of aromatic nitrogens is 2. The van der Waals surface area contributed by atoms with Crippen LogP contribution >= 0.6 is 23.4 Å². The van der Waals surface area contributed by atoms with Crippen molar-refractivity contribution in [2.24, 2.45) is 5.10 Å². The predicted molar refractivity (Wildman–Crippen MR) is 136 cm³/mol. The van der Waals surface area contributed by atoms with Crippen molar-refractivity contribution in [1.82, 2.24) is 15.0 Å². The summed E-state index contributed by atoms with van der Waals surface area (Å²) >= 11 is 7.73. The fourth-order valence-corrected chi connectivity index (χ4v) is 4.38. The lowest BCUT2D eigenvalue weighted by Crippen LogP contribution is -2.20. The van der Waals surface area contributed by atoms with Crippen molar-refractivity contribution in [1.29, 1.82) is 0 Å². The van der Waals surface area contributed by atoms with Crippen LogP contribution in [0.4, 0.5) is 0 Å². The Balaban J connectivity index is 1.45. The van der Waals surface area contributed by atoms with E-state index >= 15 is 0 Å². The van der Waals surface area contributed by atoms with E-state index in [9.17, 15) is 4.79 Å². The third-order valence-corrected chi connectivity index (χ3v) is 6.42. The molecule has 0 saturated heterocycles. The molecule has 4 aromatic rings. The Morgan fingerprint density at radius 2 is 1.91 bits per heavy atom.